The van der Waals surface area contributed by atoms with Crippen molar-refractivity contribution in [2.24, 2.45) is 4.99 Å². The number of esters is 1. The number of methoxy groups -OCH3 is 2. The molecule has 2 aromatic carbocycles. The summed E-state index contributed by atoms with van der Waals surface area (Å²) in [6.07, 6.45) is 1.67. The molecule has 1 aromatic heterocycles. The van der Waals surface area contributed by atoms with E-state index < -0.39 is 24.6 Å². The van der Waals surface area contributed by atoms with E-state index >= 15 is 0 Å². The van der Waals surface area contributed by atoms with Crippen molar-refractivity contribution in [1.82, 2.24) is 4.57 Å². The number of hydrogen-bond donors (Lipinski definition) is 1. The Labute approximate surface area is 239 Å². The van der Waals surface area contributed by atoms with Crippen molar-refractivity contribution in [1.29, 1.82) is 0 Å². The van der Waals surface area contributed by atoms with Crippen molar-refractivity contribution < 1.29 is 38.4 Å². The van der Waals surface area contributed by atoms with Gasteiger partial charge in [0.05, 0.1) is 49.3 Å². The number of aliphatic carboxylic acids is 1. The van der Waals surface area contributed by atoms with Crippen molar-refractivity contribution in [3.63, 3.8) is 0 Å². The van der Waals surface area contributed by atoms with Crippen LogP contribution in [0, 0.1) is 0 Å². The molecule has 1 aliphatic rings. The molecule has 0 amide bonds. The molecule has 1 atom stereocenters. The Morgan fingerprint density at radius 2 is 1.73 bits per heavy atom. The van der Waals surface area contributed by atoms with Crippen LogP contribution in [0.5, 0.6) is 23.0 Å². The van der Waals surface area contributed by atoms with Crippen LogP contribution < -0.4 is 33.8 Å². The van der Waals surface area contributed by atoms with Crippen LogP contribution in [-0.4, -0.2) is 55.7 Å². The fourth-order valence-corrected chi connectivity index (χ4v) is 5.47. The molecule has 0 saturated heterocycles. The van der Waals surface area contributed by atoms with Gasteiger partial charge in [-0.2, -0.15) is 0 Å². The monoisotopic (exact) mass is 582 g/mol. The van der Waals surface area contributed by atoms with Gasteiger partial charge in [0.15, 0.2) is 34.4 Å². The molecule has 0 unspecified atom stereocenters. The Morgan fingerprint density at radius 3 is 2.39 bits per heavy atom. The van der Waals surface area contributed by atoms with E-state index in [1.165, 1.54) is 30.1 Å². The van der Waals surface area contributed by atoms with Gasteiger partial charge in [-0.25, -0.2) is 14.6 Å². The van der Waals surface area contributed by atoms with Crippen LogP contribution in [0.25, 0.3) is 6.08 Å². The lowest BCUT2D eigenvalue weighted by Crippen LogP contribution is -2.40. The number of thiazole rings is 1. The van der Waals surface area contributed by atoms with Gasteiger partial charge < -0.3 is 28.8 Å². The molecule has 41 heavy (non-hydrogen) atoms. The first kappa shape index (κ1) is 29.4. The highest BCUT2D eigenvalue weighted by Crippen LogP contribution is 2.36. The van der Waals surface area contributed by atoms with Gasteiger partial charge in [0, 0.05) is 0 Å². The van der Waals surface area contributed by atoms with E-state index in [9.17, 15) is 14.4 Å². The molecule has 12 heteroatoms. The lowest BCUT2D eigenvalue weighted by molar-refractivity contribution is -0.140. The van der Waals surface area contributed by atoms with Gasteiger partial charge in [-0.3, -0.25) is 9.36 Å². The van der Waals surface area contributed by atoms with Crippen LogP contribution in [0.1, 0.15) is 37.9 Å². The Bertz CT molecular complexity index is 1690. The summed E-state index contributed by atoms with van der Waals surface area (Å²) in [4.78, 5) is 43.0. The molecule has 216 valence electrons. The zero-order chi connectivity index (χ0) is 29.7. The standard InChI is InChI=1S/C29H30N2O9S/c1-6-38-22-14-18(9-11-19(22)36-4)26-25(28(35)39-7-2)16(3)30-29-31(26)27(34)23(41-29)13-17-8-10-20(21(12-17)37-5)40-15-24(32)33/h8-14,26H,6-7,15H2,1-5H3,(H,32,33)/b23-13+/t26-/m0/s1. The van der Waals surface area contributed by atoms with Gasteiger partial charge in [0.2, 0.25) is 0 Å². The molecule has 2 heterocycles. The highest BCUT2D eigenvalue weighted by Gasteiger charge is 2.34. The molecule has 0 radical (unpaired) electrons. The molecule has 3 aromatic rings. The first-order valence-corrected chi connectivity index (χ1v) is 13.6. The second-order valence-corrected chi connectivity index (χ2v) is 9.75. The molecule has 0 fully saturated rings. The summed E-state index contributed by atoms with van der Waals surface area (Å²) in [5.41, 5.74) is 1.58. The zero-order valence-corrected chi connectivity index (χ0v) is 24.1. The maximum Gasteiger partial charge on any atom is 0.341 e. The summed E-state index contributed by atoms with van der Waals surface area (Å²) < 4.78 is 29.0. The first-order chi connectivity index (χ1) is 19.7. The van der Waals surface area contributed by atoms with E-state index in [-0.39, 0.29) is 23.5 Å². The van der Waals surface area contributed by atoms with Crippen molar-refractivity contribution >= 4 is 29.4 Å². The minimum absolute atomic E-state index is 0.160. The third-order valence-corrected chi connectivity index (χ3v) is 7.14. The maximum absolute atomic E-state index is 13.9. The van der Waals surface area contributed by atoms with Crippen LogP contribution in [0.3, 0.4) is 0 Å². The van der Waals surface area contributed by atoms with Crippen LogP contribution in [0.4, 0.5) is 0 Å². The van der Waals surface area contributed by atoms with Gasteiger partial charge in [0.1, 0.15) is 0 Å². The Kier molecular flexibility index (Phi) is 9.13. The highest BCUT2D eigenvalue weighted by molar-refractivity contribution is 7.07. The number of carboxylic acids is 1. The average molecular weight is 583 g/mol. The Balaban J connectivity index is 1.88. The number of carboxylic acid groups (broad SMARTS) is 1. The van der Waals surface area contributed by atoms with Crippen LogP contribution in [-0.2, 0) is 14.3 Å². The Hall–Kier alpha value is -4.58. The maximum atomic E-state index is 13.9. The number of aromatic nitrogens is 1. The van der Waals surface area contributed by atoms with E-state index in [0.29, 0.717) is 50.0 Å². The summed E-state index contributed by atoms with van der Waals surface area (Å²) in [5, 5.41) is 8.91. The first-order valence-electron chi connectivity index (χ1n) is 12.7. The van der Waals surface area contributed by atoms with Crippen LogP contribution in [0.2, 0.25) is 0 Å². The average Bonchev–Trinajstić information content (AvgIpc) is 3.25. The molecular formula is C29H30N2O9S. The lowest BCUT2D eigenvalue weighted by Gasteiger charge is -2.25. The second-order valence-electron chi connectivity index (χ2n) is 8.74. The lowest BCUT2D eigenvalue weighted by atomic mass is 9.95. The molecule has 0 spiro atoms. The summed E-state index contributed by atoms with van der Waals surface area (Å²) >= 11 is 1.18. The molecule has 0 bridgehead atoms. The topological polar surface area (TPSA) is 135 Å². The van der Waals surface area contributed by atoms with E-state index in [2.05, 4.69) is 4.99 Å². The SMILES string of the molecule is CCOC(=O)C1=C(C)N=c2s/c(=C/c3ccc(OCC(=O)O)c(OC)c3)c(=O)n2[C@H]1c1ccc(OC)c(OCC)c1. The summed E-state index contributed by atoms with van der Waals surface area (Å²) in [5.74, 6) is -0.116. The summed E-state index contributed by atoms with van der Waals surface area (Å²) in [7, 11) is 2.97. The smallest absolute Gasteiger partial charge is 0.341 e. The predicted molar refractivity (Wildman–Crippen MR) is 151 cm³/mol. The molecule has 0 saturated carbocycles. The highest BCUT2D eigenvalue weighted by atomic mass is 32.1. The predicted octanol–water partition coefficient (Wildman–Crippen LogP) is 2.68. The fraction of sp³-hybridized carbons (Fsp3) is 0.310. The van der Waals surface area contributed by atoms with Gasteiger partial charge in [-0.05, 0) is 62.2 Å². The number of fused-ring (bicyclic) bond motifs is 1. The minimum atomic E-state index is -1.12. The number of nitrogens with zero attached hydrogens (tertiary/aromatic N) is 2. The van der Waals surface area contributed by atoms with E-state index in [0.717, 1.165) is 0 Å². The minimum Gasteiger partial charge on any atom is -0.493 e. The summed E-state index contributed by atoms with van der Waals surface area (Å²) in [6.45, 7) is 5.31. The van der Waals surface area contributed by atoms with Gasteiger partial charge in [0.25, 0.3) is 5.56 Å². The van der Waals surface area contributed by atoms with E-state index in [1.54, 1.807) is 56.3 Å². The van der Waals surface area contributed by atoms with Crippen molar-refractivity contribution in [3.8, 4) is 23.0 Å². The van der Waals surface area contributed by atoms with Crippen molar-refractivity contribution in [2.75, 3.05) is 34.0 Å². The molecule has 1 aliphatic heterocycles. The van der Waals surface area contributed by atoms with Gasteiger partial charge >= 0.3 is 11.9 Å². The number of benzene rings is 2. The quantitative estimate of drug-likeness (QED) is 0.339. The number of allylic oxidation sites excluding steroid dienone is 1. The fourth-order valence-electron chi connectivity index (χ4n) is 4.42. The molecule has 0 aliphatic carbocycles. The molecule has 1 N–H and O–H groups in total. The van der Waals surface area contributed by atoms with Gasteiger partial charge in [-0.15, -0.1) is 0 Å². The number of carbonyl (C=O) groups excluding carboxylic acids is 1. The van der Waals surface area contributed by atoms with Crippen molar-refractivity contribution in [3.05, 3.63) is 78.5 Å². The number of rotatable bonds is 11. The third kappa shape index (κ3) is 6.12. The normalized spacial score (nSPS) is 14.7. The molecule has 11 nitrogen and oxygen atoms in total. The van der Waals surface area contributed by atoms with E-state index in [4.69, 9.17) is 28.8 Å². The molecule has 4 rings (SSSR count). The third-order valence-electron chi connectivity index (χ3n) is 6.16. The van der Waals surface area contributed by atoms with Gasteiger partial charge in [-0.1, -0.05) is 23.5 Å². The number of carbonyl (C=O) groups is 2. The number of ether oxygens (including phenoxy) is 5. The van der Waals surface area contributed by atoms with Crippen molar-refractivity contribution in [2.45, 2.75) is 26.8 Å². The summed E-state index contributed by atoms with van der Waals surface area (Å²) in [6, 6.07) is 9.34. The Morgan fingerprint density at radius 1 is 1.00 bits per heavy atom. The zero-order valence-electron chi connectivity index (χ0n) is 23.3. The second kappa shape index (κ2) is 12.7. The number of hydrogen-bond acceptors (Lipinski definition) is 10. The largest absolute Gasteiger partial charge is 0.493 e. The van der Waals surface area contributed by atoms with Crippen LogP contribution in [0.15, 0.2) is 57.5 Å². The molecular weight excluding hydrogens is 552 g/mol. The van der Waals surface area contributed by atoms with Crippen LogP contribution >= 0.6 is 11.3 Å². The van der Waals surface area contributed by atoms with E-state index in [1.807, 2.05) is 6.92 Å².